The van der Waals surface area contributed by atoms with Gasteiger partial charge >= 0.3 is 0 Å². The maximum Gasteiger partial charge on any atom is 0.224 e. The second kappa shape index (κ2) is 7.71. The van der Waals surface area contributed by atoms with Crippen LogP contribution in [-0.4, -0.2) is 22.8 Å². The van der Waals surface area contributed by atoms with Crippen molar-refractivity contribution in [1.82, 2.24) is 9.88 Å². The lowest BCUT2D eigenvalue weighted by molar-refractivity contribution is -0.120. The molecule has 2 aliphatic rings. The largest absolute Gasteiger partial charge is 0.356 e. The molecule has 1 fully saturated rings. The van der Waals surface area contributed by atoms with Crippen molar-refractivity contribution >= 4 is 11.7 Å². The first kappa shape index (κ1) is 18.0. The Bertz CT molecular complexity index is 847. The van der Waals surface area contributed by atoms with Gasteiger partial charge in [-0.05, 0) is 56.1 Å². The number of aryl methyl sites for hydroxylation is 1. The van der Waals surface area contributed by atoms with Crippen molar-refractivity contribution in [3.05, 3.63) is 58.4 Å². The fourth-order valence-corrected chi connectivity index (χ4v) is 4.19. The van der Waals surface area contributed by atoms with E-state index in [-0.39, 0.29) is 11.7 Å². The monoisotopic (exact) mass is 364 g/mol. The number of fused-ring (bicyclic) bond motifs is 1. The molecule has 1 heterocycles. The summed E-state index contributed by atoms with van der Waals surface area (Å²) in [5, 5.41) is 3.05. The van der Waals surface area contributed by atoms with Gasteiger partial charge in [-0.2, -0.15) is 0 Å². The predicted molar refractivity (Wildman–Crippen MR) is 106 cm³/mol. The molecule has 1 amide bonds. The van der Waals surface area contributed by atoms with Crippen LogP contribution in [0.15, 0.2) is 30.3 Å². The fraction of sp³-hybridized carbons (Fsp3) is 0.478. The van der Waals surface area contributed by atoms with Gasteiger partial charge in [0, 0.05) is 36.5 Å². The molecule has 1 saturated carbocycles. The van der Waals surface area contributed by atoms with Gasteiger partial charge in [0.15, 0.2) is 5.78 Å². The van der Waals surface area contributed by atoms with Crippen LogP contribution in [0, 0.1) is 12.8 Å². The van der Waals surface area contributed by atoms with E-state index >= 15 is 0 Å². The van der Waals surface area contributed by atoms with Gasteiger partial charge in [0.05, 0.1) is 6.42 Å². The zero-order valence-corrected chi connectivity index (χ0v) is 16.1. The highest BCUT2D eigenvalue weighted by Crippen LogP contribution is 2.31. The summed E-state index contributed by atoms with van der Waals surface area (Å²) in [6, 6.07) is 10.4. The molecule has 0 aliphatic heterocycles. The van der Waals surface area contributed by atoms with Crippen LogP contribution in [0.2, 0.25) is 0 Å². The van der Waals surface area contributed by atoms with Gasteiger partial charge < -0.3 is 9.88 Å². The normalized spacial score (nSPS) is 16.3. The molecule has 0 radical (unpaired) electrons. The van der Waals surface area contributed by atoms with Crippen molar-refractivity contribution < 1.29 is 9.59 Å². The van der Waals surface area contributed by atoms with E-state index in [1.807, 2.05) is 6.07 Å². The number of carbonyl (C=O) groups is 2. The molecule has 27 heavy (non-hydrogen) atoms. The molecule has 2 aromatic rings. The van der Waals surface area contributed by atoms with Crippen LogP contribution >= 0.6 is 0 Å². The molecular weight excluding hydrogens is 336 g/mol. The van der Waals surface area contributed by atoms with E-state index in [0.29, 0.717) is 18.8 Å². The number of rotatable bonds is 7. The van der Waals surface area contributed by atoms with Gasteiger partial charge in [0.1, 0.15) is 0 Å². The summed E-state index contributed by atoms with van der Waals surface area (Å²) in [5.41, 5.74) is 5.33. The second-order valence-corrected chi connectivity index (χ2v) is 7.97. The van der Waals surface area contributed by atoms with Crippen molar-refractivity contribution in [3.63, 3.8) is 0 Å². The Kier molecular flexibility index (Phi) is 5.15. The lowest BCUT2D eigenvalue weighted by Crippen LogP contribution is -2.28. The molecule has 4 nitrogen and oxygen atoms in total. The summed E-state index contributed by atoms with van der Waals surface area (Å²) in [6.45, 7) is 3.71. The minimum Gasteiger partial charge on any atom is -0.356 e. The molecule has 4 rings (SSSR count). The van der Waals surface area contributed by atoms with E-state index in [4.69, 9.17) is 0 Å². The zero-order chi connectivity index (χ0) is 18.8. The zero-order valence-electron chi connectivity index (χ0n) is 16.1. The van der Waals surface area contributed by atoms with E-state index in [0.717, 1.165) is 54.9 Å². The van der Waals surface area contributed by atoms with Crippen LogP contribution < -0.4 is 5.32 Å². The minimum atomic E-state index is 0.0476. The number of benzene rings is 1. The molecule has 0 saturated heterocycles. The van der Waals surface area contributed by atoms with Gasteiger partial charge in [-0.1, -0.05) is 30.3 Å². The molecule has 1 N–H and O–H groups in total. The molecule has 1 aromatic carbocycles. The number of ketones is 1. The Labute approximate surface area is 161 Å². The number of carbonyl (C=O) groups excluding carboxylic acids is 2. The highest BCUT2D eigenvalue weighted by Gasteiger charge is 2.29. The average molecular weight is 364 g/mol. The maximum absolute atomic E-state index is 12.7. The summed E-state index contributed by atoms with van der Waals surface area (Å²) in [4.78, 5) is 25.1. The molecule has 0 atom stereocenters. The topological polar surface area (TPSA) is 51.1 Å². The van der Waals surface area contributed by atoms with Gasteiger partial charge in [0.2, 0.25) is 5.91 Å². The molecule has 0 bridgehead atoms. The van der Waals surface area contributed by atoms with Crippen molar-refractivity contribution in [2.24, 2.45) is 5.92 Å². The number of hydrogen-bond acceptors (Lipinski definition) is 2. The van der Waals surface area contributed by atoms with Crippen molar-refractivity contribution in [1.29, 1.82) is 0 Å². The Balaban J connectivity index is 1.57. The van der Waals surface area contributed by atoms with Crippen LogP contribution in [0.25, 0.3) is 0 Å². The smallest absolute Gasteiger partial charge is 0.224 e. The third-order valence-corrected chi connectivity index (χ3v) is 5.94. The molecule has 0 spiro atoms. The summed E-state index contributed by atoms with van der Waals surface area (Å²) >= 11 is 0. The van der Waals surface area contributed by atoms with E-state index in [1.54, 1.807) is 0 Å². The van der Waals surface area contributed by atoms with Crippen molar-refractivity contribution in [2.45, 2.75) is 58.4 Å². The standard InChI is InChI=1S/C23H28N2O2/c1-16-19(14-22(27)24-15-18-10-11-18)23-20(8-5-9-21(23)26)25(16)13-12-17-6-3-2-4-7-17/h2-4,6-7,18H,5,8-15H2,1H3,(H,24,27). The quantitative estimate of drug-likeness (QED) is 0.816. The molecule has 1 aromatic heterocycles. The average Bonchev–Trinajstić information content (AvgIpc) is 3.46. The number of Topliss-reactive ketones (excluding diaryl/α,β-unsaturated/α-hetero) is 1. The Morgan fingerprint density at radius 1 is 1.19 bits per heavy atom. The lowest BCUT2D eigenvalue weighted by atomic mass is 9.92. The number of aromatic nitrogens is 1. The van der Waals surface area contributed by atoms with Crippen LogP contribution in [0.4, 0.5) is 0 Å². The van der Waals surface area contributed by atoms with Crippen LogP contribution in [0.3, 0.4) is 0 Å². The van der Waals surface area contributed by atoms with Gasteiger partial charge in [-0.15, -0.1) is 0 Å². The Morgan fingerprint density at radius 3 is 2.70 bits per heavy atom. The third-order valence-electron chi connectivity index (χ3n) is 5.94. The first-order valence-electron chi connectivity index (χ1n) is 10.2. The molecule has 4 heteroatoms. The summed E-state index contributed by atoms with van der Waals surface area (Å²) < 4.78 is 2.29. The predicted octanol–water partition coefficient (Wildman–Crippen LogP) is 3.63. The van der Waals surface area contributed by atoms with E-state index in [9.17, 15) is 9.59 Å². The van der Waals surface area contributed by atoms with Gasteiger partial charge in [0.25, 0.3) is 0 Å². The maximum atomic E-state index is 12.7. The number of amides is 1. The molecule has 2 aliphatic carbocycles. The molecule has 142 valence electrons. The summed E-state index contributed by atoms with van der Waals surface area (Å²) in [7, 11) is 0. The van der Waals surface area contributed by atoms with E-state index < -0.39 is 0 Å². The van der Waals surface area contributed by atoms with E-state index in [1.165, 1.54) is 18.4 Å². The number of nitrogens with zero attached hydrogens (tertiary/aromatic N) is 1. The third kappa shape index (κ3) is 4.00. The Hall–Kier alpha value is -2.36. The highest BCUT2D eigenvalue weighted by atomic mass is 16.1. The van der Waals surface area contributed by atoms with Crippen molar-refractivity contribution in [3.8, 4) is 0 Å². The van der Waals surface area contributed by atoms with Crippen molar-refractivity contribution in [2.75, 3.05) is 6.54 Å². The molecular formula is C23H28N2O2. The van der Waals surface area contributed by atoms with Gasteiger partial charge in [-0.3, -0.25) is 9.59 Å². The highest BCUT2D eigenvalue weighted by molar-refractivity contribution is 6.01. The summed E-state index contributed by atoms with van der Waals surface area (Å²) in [6.07, 6.45) is 6.15. The van der Waals surface area contributed by atoms with Crippen LogP contribution in [0.5, 0.6) is 0 Å². The first-order chi connectivity index (χ1) is 13.1. The number of nitrogens with one attached hydrogen (secondary N) is 1. The summed E-state index contributed by atoms with van der Waals surface area (Å²) in [5.74, 6) is 0.926. The second-order valence-electron chi connectivity index (χ2n) is 7.97. The molecule has 0 unspecified atom stereocenters. The lowest BCUT2D eigenvalue weighted by Gasteiger charge is -2.16. The van der Waals surface area contributed by atoms with Gasteiger partial charge in [-0.25, -0.2) is 0 Å². The van der Waals surface area contributed by atoms with Crippen LogP contribution in [-0.2, 0) is 30.6 Å². The SMILES string of the molecule is Cc1c(CC(=O)NCC2CC2)c2c(n1CCc1ccccc1)CCCC2=O. The minimum absolute atomic E-state index is 0.0476. The fourth-order valence-electron chi connectivity index (χ4n) is 4.19. The first-order valence-corrected chi connectivity index (χ1v) is 10.2. The number of hydrogen-bond donors (Lipinski definition) is 1. The van der Waals surface area contributed by atoms with Crippen LogP contribution in [0.1, 0.15) is 58.6 Å². The van der Waals surface area contributed by atoms with E-state index in [2.05, 4.69) is 41.1 Å². The Morgan fingerprint density at radius 2 is 1.96 bits per heavy atom.